The van der Waals surface area contributed by atoms with Crippen LogP contribution in [-0.2, 0) is 6.42 Å². The second kappa shape index (κ2) is 4.92. The Morgan fingerprint density at radius 1 is 1.29 bits per heavy atom. The summed E-state index contributed by atoms with van der Waals surface area (Å²) in [4.78, 5) is 4.57. The molecule has 0 bridgehead atoms. The molecule has 1 rings (SSSR count). The van der Waals surface area contributed by atoms with Gasteiger partial charge in [0.2, 0.25) is 0 Å². The Morgan fingerprint density at radius 2 is 1.86 bits per heavy atom. The molecule has 0 aromatic carbocycles. The summed E-state index contributed by atoms with van der Waals surface area (Å²) in [5.41, 5.74) is 1.74. The maximum Gasteiger partial charge on any atom is 0.0270 e. The minimum atomic E-state index is 0.390. The Bertz CT molecular complexity index is 263. The molecular weight excluding hydrogens is 238 g/mol. The predicted molar refractivity (Wildman–Crippen MR) is 64.7 cm³/mol. The molecule has 0 N–H and O–H groups in total. The van der Waals surface area contributed by atoms with Gasteiger partial charge in [0.05, 0.1) is 0 Å². The SMILES string of the molecule is CC(C)(C)CC(Br)Cc1ccncc1. The largest absolute Gasteiger partial charge is 0.265 e. The van der Waals surface area contributed by atoms with Crippen LogP contribution in [-0.4, -0.2) is 9.81 Å². The topological polar surface area (TPSA) is 12.9 Å². The van der Waals surface area contributed by atoms with E-state index in [2.05, 4.69) is 53.8 Å². The quantitative estimate of drug-likeness (QED) is 0.749. The second-order valence-electron chi connectivity index (χ2n) is 4.92. The van der Waals surface area contributed by atoms with E-state index < -0.39 is 0 Å². The summed E-state index contributed by atoms with van der Waals surface area (Å²) in [6.45, 7) is 6.81. The zero-order valence-corrected chi connectivity index (χ0v) is 10.7. The van der Waals surface area contributed by atoms with Crippen LogP contribution < -0.4 is 0 Å². The monoisotopic (exact) mass is 255 g/mol. The van der Waals surface area contributed by atoms with Crippen molar-refractivity contribution in [3.63, 3.8) is 0 Å². The lowest BCUT2D eigenvalue weighted by atomic mass is 9.89. The lowest BCUT2D eigenvalue weighted by Gasteiger charge is -2.22. The molecule has 14 heavy (non-hydrogen) atoms. The third-order valence-corrected chi connectivity index (χ3v) is 2.69. The fraction of sp³-hybridized carbons (Fsp3) is 0.583. The van der Waals surface area contributed by atoms with Crippen molar-refractivity contribution in [3.8, 4) is 0 Å². The van der Waals surface area contributed by atoms with Gasteiger partial charge < -0.3 is 0 Å². The first kappa shape index (κ1) is 11.7. The summed E-state index contributed by atoms with van der Waals surface area (Å²) in [5, 5.41) is 0. The minimum Gasteiger partial charge on any atom is -0.265 e. The lowest BCUT2D eigenvalue weighted by molar-refractivity contribution is 0.373. The van der Waals surface area contributed by atoms with Crippen LogP contribution in [0.25, 0.3) is 0 Å². The van der Waals surface area contributed by atoms with Gasteiger partial charge in [0.1, 0.15) is 0 Å². The molecule has 1 aromatic rings. The highest BCUT2D eigenvalue weighted by Gasteiger charge is 2.16. The fourth-order valence-corrected chi connectivity index (χ4v) is 2.86. The third-order valence-electron chi connectivity index (χ3n) is 2.04. The average molecular weight is 256 g/mol. The van der Waals surface area contributed by atoms with Crippen molar-refractivity contribution in [2.45, 2.75) is 38.4 Å². The molecule has 0 fully saturated rings. The van der Waals surface area contributed by atoms with E-state index in [4.69, 9.17) is 0 Å². The second-order valence-corrected chi connectivity index (χ2v) is 6.22. The molecule has 0 aliphatic carbocycles. The van der Waals surface area contributed by atoms with Crippen LogP contribution in [0.15, 0.2) is 24.5 Å². The zero-order valence-electron chi connectivity index (χ0n) is 9.13. The first-order valence-electron chi connectivity index (χ1n) is 5.00. The first-order chi connectivity index (χ1) is 6.47. The molecule has 1 aromatic heterocycles. The van der Waals surface area contributed by atoms with Gasteiger partial charge in [-0.15, -0.1) is 0 Å². The van der Waals surface area contributed by atoms with Gasteiger partial charge >= 0.3 is 0 Å². The molecule has 0 amide bonds. The summed E-state index contributed by atoms with van der Waals surface area (Å²) < 4.78 is 0. The van der Waals surface area contributed by atoms with Crippen molar-refractivity contribution in [3.05, 3.63) is 30.1 Å². The van der Waals surface area contributed by atoms with Gasteiger partial charge in [-0.2, -0.15) is 0 Å². The zero-order chi connectivity index (χ0) is 10.6. The molecule has 1 nitrogen and oxygen atoms in total. The summed E-state index contributed by atoms with van der Waals surface area (Å²) in [6.07, 6.45) is 5.98. The van der Waals surface area contributed by atoms with Crippen molar-refractivity contribution in [1.82, 2.24) is 4.98 Å². The van der Waals surface area contributed by atoms with Crippen molar-refractivity contribution in [2.75, 3.05) is 0 Å². The number of rotatable bonds is 3. The van der Waals surface area contributed by atoms with Crippen LogP contribution in [0.5, 0.6) is 0 Å². The van der Waals surface area contributed by atoms with E-state index >= 15 is 0 Å². The van der Waals surface area contributed by atoms with Crippen LogP contribution >= 0.6 is 15.9 Å². The summed E-state index contributed by atoms with van der Waals surface area (Å²) in [5.74, 6) is 0. The Kier molecular flexibility index (Phi) is 4.11. The standard InChI is InChI=1S/C12H18BrN/c1-12(2,3)9-11(13)8-10-4-6-14-7-5-10/h4-7,11H,8-9H2,1-3H3. The maximum absolute atomic E-state index is 4.01. The van der Waals surface area contributed by atoms with Crippen molar-refractivity contribution in [1.29, 1.82) is 0 Å². The molecule has 1 atom stereocenters. The van der Waals surface area contributed by atoms with Crippen LogP contribution in [0.4, 0.5) is 0 Å². The lowest BCUT2D eigenvalue weighted by Crippen LogP contribution is -2.14. The number of pyridine rings is 1. The first-order valence-corrected chi connectivity index (χ1v) is 5.92. The number of hydrogen-bond acceptors (Lipinski definition) is 1. The summed E-state index contributed by atoms with van der Waals surface area (Å²) >= 11 is 3.73. The van der Waals surface area contributed by atoms with E-state index in [1.54, 1.807) is 0 Å². The number of alkyl halides is 1. The minimum absolute atomic E-state index is 0.390. The molecule has 1 unspecified atom stereocenters. The highest BCUT2D eigenvalue weighted by molar-refractivity contribution is 9.09. The number of halogens is 1. The van der Waals surface area contributed by atoms with Crippen LogP contribution in [0.2, 0.25) is 0 Å². The van der Waals surface area contributed by atoms with Crippen LogP contribution in [0.1, 0.15) is 32.8 Å². The predicted octanol–water partition coefficient (Wildman–Crippen LogP) is 3.82. The Labute approximate surface area is 95.1 Å². The van der Waals surface area contributed by atoms with Gasteiger partial charge in [-0.1, -0.05) is 36.7 Å². The molecular formula is C12H18BrN. The Morgan fingerprint density at radius 3 is 2.36 bits per heavy atom. The molecule has 0 aliphatic rings. The summed E-state index contributed by atoms with van der Waals surface area (Å²) in [7, 11) is 0. The van der Waals surface area contributed by atoms with E-state index in [0.29, 0.717) is 10.2 Å². The number of hydrogen-bond donors (Lipinski definition) is 0. The van der Waals surface area contributed by atoms with Gasteiger partial charge in [-0.25, -0.2) is 0 Å². The molecule has 0 saturated carbocycles. The Hall–Kier alpha value is -0.370. The normalized spacial score (nSPS) is 14.0. The fourth-order valence-electron chi connectivity index (χ4n) is 1.51. The van der Waals surface area contributed by atoms with E-state index in [1.165, 1.54) is 12.0 Å². The van der Waals surface area contributed by atoms with Crippen molar-refractivity contribution in [2.24, 2.45) is 5.41 Å². The van der Waals surface area contributed by atoms with Gasteiger partial charge in [0.15, 0.2) is 0 Å². The van der Waals surface area contributed by atoms with E-state index in [1.807, 2.05) is 12.4 Å². The smallest absolute Gasteiger partial charge is 0.0270 e. The highest BCUT2D eigenvalue weighted by atomic mass is 79.9. The van der Waals surface area contributed by atoms with Gasteiger partial charge in [-0.3, -0.25) is 4.98 Å². The van der Waals surface area contributed by atoms with Gasteiger partial charge in [-0.05, 0) is 36.0 Å². The molecule has 0 spiro atoms. The summed E-state index contributed by atoms with van der Waals surface area (Å²) in [6, 6.07) is 4.16. The average Bonchev–Trinajstić information content (AvgIpc) is 2.02. The van der Waals surface area contributed by atoms with Crippen molar-refractivity contribution >= 4 is 15.9 Å². The van der Waals surface area contributed by atoms with Crippen LogP contribution in [0, 0.1) is 5.41 Å². The van der Waals surface area contributed by atoms with Crippen molar-refractivity contribution < 1.29 is 0 Å². The van der Waals surface area contributed by atoms with E-state index in [9.17, 15) is 0 Å². The molecule has 2 heteroatoms. The highest BCUT2D eigenvalue weighted by Crippen LogP contribution is 2.26. The molecule has 0 saturated heterocycles. The molecule has 1 heterocycles. The number of aromatic nitrogens is 1. The van der Waals surface area contributed by atoms with Crippen LogP contribution in [0.3, 0.4) is 0 Å². The van der Waals surface area contributed by atoms with Gasteiger partial charge in [0, 0.05) is 17.2 Å². The molecule has 78 valence electrons. The van der Waals surface area contributed by atoms with E-state index in [0.717, 1.165) is 6.42 Å². The van der Waals surface area contributed by atoms with Gasteiger partial charge in [0.25, 0.3) is 0 Å². The van der Waals surface area contributed by atoms with E-state index in [-0.39, 0.29) is 0 Å². The number of nitrogens with zero attached hydrogens (tertiary/aromatic N) is 1. The molecule has 0 aliphatic heterocycles. The Balaban J connectivity index is 2.46. The third kappa shape index (κ3) is 4.75. The maximum atomic E-state index is 4.01. The molecule has 0 radical (unpaired) electrons.